The first-order chi connectivity index (χ1) is 8.85. The monoisotopic (exact) mass is 246 g/mol. The highest BCUT2D eigenvalue weighted by molar-refractivity contribution is 5.77. The molecule has 1 aromatic carbocycles. The number of nitrogens with zero attached hydrogens (tertiary/aromatic N) is 1. The molecule has 4 heteroatoms. The van der Waals surface area contributed by atoms with Gasteiger partial charge in [0.05, 0.1) is 6.61 Å². The first-order valence-electron chi connectivity index (χ1n) is 6.56. The van der Waals surface area contributed by atoms with E-state index in [4.69, 9.17) is 9.15 Å². The second-order valence-corrected chi connectivity index (χ2v) is 4.75. The van der Waals surface area contributed by atoms with Crippen LogP contribution in [-0.4, -0.2) is 24.7 Å². The molecule has 1 fully saturated rings. The van der Waals surface area contributed by atoms with Gasteiger partial charge in [-0.2, -0.15) is 0 Å². The fourth-order valence-corrected chi connectivity index (χ4v) is 2.24. The molecule has 4 nitrogen and oxygen atoms in total. The van der Waals surface area contributed by atoms with Crippen LogP contribution in [0.2, 0.25) is 0 Å². The SMILES string of the molecule is CCc1nc2cc(NCC3CCOC3)ccc2o1. The third-order valence-electron chi connectivity index (χ3n) is 3.35. The van der Waals surface area contributed by atoms with E-state index >= 15 is 0 Å². The van der Waals surface area contributed by atoms with Crippen molar-refractivity contribution >= 4 is 16.8 Å². The lowest BCUT2D eigenvalue weighted by Gasteiger charge is -2.10. The quantitative estimate of drug-likeness (QED) is 0.901. The Morgan fingerprint density at radius 3 is 3.17 bits per heavy atom. The number of aromatic nitrogens is 1. The molecule has 2 aromatic rings. The molecule has 0 saturated carbocycles. The van der Waals surface area contributed by atoms with Crippen molar-refractivity contribution in [3.05, 3.63) is 24.1 Å². The zero-order valence-electron chi connectivity index (χ0n) is 10.6. The van der Waals surface area contributed by atoms with Crippen LogP contribution in [0.15, 0.2) is 22.6 Å². The molecule has 1 aliphatic heterocycles. The van der Waals surface area contributed by atoms with E-state index in [0.29, 0.717) is 5.92 Å². The molecule has 2 heterocycles. The lowest BCUT2D eigenvalue weighted by atomic mass is 10.1. The minimum Gasteiger partial charge on any atom is -0.441 e. The van der Waals surface area contributed by atoms with Gasteiger partial charge in [0.25, 0.3) is 0 Å². The number of rotatable bonds is 4. The normalized spacial score (nSPS) is 19.5. The van der Waals surface area contributed by atoms with Gasteiger partial charge in [0, 0.05) is 31.2 Å². The van der Waals surface area contributed by atoms with Crippen molar-refractivity contribution in [2.45, 2.75) is 19.8 Å². The second-order valence-electron chi connectivity index (χ2n) is 4.75. The molecule has 18 heavy (non-hydrogen) atoms. The van der Waals surface area contributed by atoms with Crippen molar-refractivity contribution < 1.29 is 9.15 Å². The molecule has 96 valence electrons. The summed E-state index contributed by atoms with van der Waals surface area (Å²) >= 11 is 0. The number of hydrogen-bond acceptors (Lipinski definition) is 4. The van der Waals surface area contributed by atoms with E-state index in [2.05, 4.69) is 10.3 Å². The zero-order valence-corrected chi connectivity index (χ0v) is 10.6. The summed E-state index contributed by atoms with van der Waals surface area (Å²) in [6, 6.07) is 6.07. The molecular weight excluding hydrogens is 228 g/mol. The highest BCUT2D eigenvalue weighted by Gasteiger charge is 2.15. The highest BCUT2D eigenvalue weighted by atomic mass is 16.5. The summed E-state index contributed by atoms with van der Waals surface area (Å²) in [4.78, 5) is 4.44. The van der Waals surface area contributed by atoms with E-state index in [1.165, 1.54) is 0 Å². The molecule has 0 spiro atoms. The molecule has 1 atom stereocenters. The maximum Gasteiger partial charge on any atom is 0.195 e. The van der Waals surface area contributed by atoms with Crippen LogP contribution in [0.3, 0.4) is 0 Å². The number of oxazole rings is 1. The van der Waals surface area contributed by atoms with Crippen LogP contribution in [0.25, 0.3) is 11.1 Å². The lowest BCUT2D eigenvalue weighted by molar-refractivity contribution is 0.187. The maximum absolute atomic E-state index is 5.59. The molecule has 0 radical (unpaired) electrons. The number of aryl methyl sites for hydroxylation is 1. The van der Waals surface area contributed by atoms with Crippen molar-refractivity contribution in [2.24, 2.45) is 5.92 Å². The van der Waals surface area contributed by atoms with Crippen LogP contribution in [-0.2, 0) is 11.2 Å². The van der Waals surface area contributed by atoms with Gasteiger partial charge in [-0.25, -0.2) is 4.98 Å². The van der Waals surface area contributed by atoms with Gasteiger partial charge in [-0.05, 0) is 24.6 Å². The van der Waals surface area contributed by atoms with Gasteiger partial charge < -0.3 is 14.5 Å². The fraction of sp³-hybridized carbons (Fsp3) is 0.500. The molecular formula is C14H18N2O2. The number of fused-ring (bicyclic) bond motifs is 1. The van der Waals surface area contributed by atoms with Crippen molar-refractivity contribution in [3.8, 4) is 0 Å². The molecule has 1 N–H and O–H groups in total. The molecule has 1 unspecified atom stereocenters. The summed E-state index contributed by atoms with van der Waals surface area (Å²) in [5.74, 6) is 1.43. The molecule has 0 bridgehead atoms. The largest absolute Gasteiger partial charge is 0.441 e. The zero-order chi connectivity index (χ0) is 12.4. The van der Waals surface area contributed by atoms with Gasteiger partial charge in [-0.15, -0.1) is 0 Å². The highest BCUT2D eigenvalue weighted by Crippen LogP contribution is 2.21. The van der Waals surface area contributed by atoms with Crippen LogP contribution >= 0.6 is 0 Å². The van der Waals surface area contributed by atoms with Gasteiger partial charge >= 0.3 is 0 Å². The molecule has 0 aliphatic carbocycles. The second kappa shape index (κ2) is 4.98. The van der Waals surface area contributed by atoms with E-state index in [1.54, 1.807) is 0 Å². The molecule has 1 saturated heterocycles. The summed E-state index contributed by atoms with van der Waals surface area (Å²) < 4.78 is 11.0. The molecule has 0 amide bonds. The minimum absolute atomic E-state index is 0.629. The summed E-state index contributed by atoms with van der Waals surface area (Å²) in [6.07, 6.45) is 1.98. The van der Waals surface area contributed by atoms with Crippen molar-refractivity contribution in [1.29, 1.82) is 0 Å². The Bertz CT molecular complexity index is 530. The van der Waals surface area contributed by atoms with Crippen molar-refractivity contribution in [2.75, 3.05) is 25.1 Å². The average Bonchev–Trinajstić information content (AvgIpc) is 3.04. The van der Waals surface area contributed by atoms with E-state index in [0.717, 1.165) is 55.3 Å². The van der Waals surface area contributed by atoms with Crippen LogP contribution in [0.1, 0.15) is 19.2 Å². The van der Waals surface area contributed by atoms with Crippen LogP contribution in [0.4, 0.5) is 5.69 Å². The Kier molecular flexibility index (Phi) is 3.19. The van der Waals surface area contributed by atoms with Gasteiger partial charge in [0.2, 0.25) is 0 Å². The Morgan fingerprint density at radius 1 is 1.44 bits per heavy atom. The number of anilines is 1. The summed E-state index contributed by atoms with van der Waals surface area (Å²) in [6.45, 7) is 4.78. The third kappa shape index (κ3) is 2.34. The van der Waals surface area contributed by atoms with Gasteiger partial charge in [0.1, 0.15) is 5.52 Å². The fourth-order valence-electron chi connectivity index (χ4n) is 2.24. The number of ether oxygens (including phenoxy) is 1. The molecule has 1 aromatic heterocycles. The summed E-state index contributed by atoms with van der Waals surface area (Å²) in [5, 5.41) is 3.44. The first-order valence-corrected chi connectivity index (χ1v) is 6.56. The standard InChI is InChI=1S/C14H18N2O2/c1-2-14-16-12-7-11(3-4-13(12)18-14)15-8-10-5-6-17-9-10/h3-4,7,10,15H,2,5-6,8-9H2,1H3. The number of hydrogen-bond donors (Lipinski definition) is 1. The predicted molar refractivity (Wildman–Crippen MR) is 70.8 cm³/mol. The number of benzene rings is 1. The van der Waals surface area contributed by atoms with Crippen LogP contribution < -0.4 is 5.32 Å². The Hall–Kier alpha value is -1.55. The average molecular weight is 246 g/mol. The lowest BCUT2D eigenvalue weighted by Crippen LogP contribution is -2.13. The van der Waals surface area contributed by atoms with Crippen molar-refractivity contribution in [3.63, 3.8) is 0 Å². The molecule has 1 aliphatic rings. The van der Waals surface area contributed by atoms with Crippen LogP contribution in [0.5, 0.6) is 0 Å². The summed E-state index contributed by atoms with van der Waals surface area (Å²) in [5.41, 5.74) is 2.89. The third-order valence-corrected chi connectivity index (χ3v) is 3.35. The summed E-state index contributed by atoms with van der Waals surface area (Å²) in [7, 11) is 0. The van der Waals surface area contributed by atoms with Crippen LogP contribution in [0, 0.1) is 5.92 Å². The first kappa shape index (κ1) is 11.5. The Labute approximate surface area is 106 Å². The Balaban J connectivity index is 1.71. The van der Waals surface area contributed by atoms with E-state index < -0.39 is 0 Å². The van der Waals surface area contributed by atoms with E-state index in [-0.39, 0.29) is 0 Å². The van der Waals surface area contributed by atoms with Gasteiger partial charge in [-0.3, -0.25) is 0 Å². The van der Waals surface area contributed by atoms with E-state index in [1.807, 2.05) is 25.1 Å². The smallest absolute Gasteiger partial charge is 0.195 e. The minimum atomic E-state index is 0.629. The molecule has 3 rings (SSSR count). The topological polar surface area (TPSA) is 47.3 Å². The maximum atomic E-state index is 5.59. The predicted octanol–water partition coefficient (Wildman–Crippen LogP) is 2.84. The van der Waals surface area contributed by atoms with Gasteiger partial charge in [-0.1, -0.05) is 6.92 Å². The van der Waals surface area contributed by atoms with Gasteiger partial charge in [0.15, 0.2) is 11.5 Å². The van der Waals surface area contributed by atoms with E-state index in [9.17, 15) is 0 Å². The van der Waals surface area contributed by atoms with Crippen molar-refractivity contribution in [1.82, 2.24) is 4.98 Å². The Morgan fingerprint density at radius 2 is 2.39 bits per heavy atom. The number of nitrogens with one attached hydrogen (secondary N) is 1.